The Labute approximate surface area is 124 Å². The lowest BCUT2D eigenvalue weighted by atomic mass is 10.1. The van der Waals surface area contributed by atoms with Crippen LogP contribution in [0, 0.1) is 0 Å². The molecule has 0 saturated heterocycles. The molecular weight excluding hydrogens is 316 g/mol. The fourth-order valence-corrected chi connectivity index (χ4v) is 2.27. The van der Waals surface area contributed by atoms with Crippen LogP contribution < -0.4 is 5.32 Å². The summed E-state index contributed by atoms with van der Waals surface area (Å²) in [5, 5.41) is 5.04. The molecule has 98 valence electrons. The SMILES string of the molecule is O=C(Nc1cccc2ccccc12)c1ccc(Br)nc1. The normalized spacial score (nSPS) is 10.4. The molecule has 20 heavy (non-hydrogen) atoms. The van der Waals surface area contributed by atoms with E-state index in [-0.39, 0.29) is 5.91 Å². The Kier molecular flexibility index (Phi) is 3.48. The summed E-state index contributed by atoms with van der Waals surface area (Å²) in [5.74, 6) is -0.165. The molecule has 0 saturated carbocycles. The van der Waals surface area contributed by atoms with Crippen LogP contribution in [0.5, 0.6) is 0 Å². The third kappa shape index (κ3) is 2.56. The van der Waals surface area contributed by atoms with E-state index in [0.29, 0.717) is 10.2 Å². The van der Waals surface area contributed by atoms with Gasteiger partial charge in [0.15, 0.2) is 0 Å². The minimum Gasteiger partial charge on any atom is -0.321 e. The molecule has 1 aromatic heterocycles. The molecule has 3 aromatic rings. The first-order valence-corrected chi connectivity index (χ1v) is 6.94. The van der Waals surface area contributed by atoms with Crippen molar-refractivity contribution in [1.82, 2.24) is 4.98 Å². The molecule has 0 fully saturated rings. The van der Waals surface area contributed by atoms with E-state index in [1.165, 1.54) is 0 Å². The van der Waals surface area contributed by atoms with Crippen molar-refractivity contribution >= 4 is 38.3 Å². The van der Waals surface area contributed by atoms with Crippen molar-refractivity contribution < 1.29 is 4.79 Å². The summed E-state index contributed by atoms with van der Waals surface area (Å²) in [5.41, 5.74) is 1.33. The van der Waals surface area contributed by atoms with Gasteiger partial charge in [-0.2, -0.15) is 0 Å². The highest BCUT2D eigenvalue weighted by atomic mass is 79.9. The Hall–Kier alpha value is -2.20. The van der Waals surface area contributed by atoms with Crippen LogP contribution in [0.25, 0.3) is 10.8 Å². The van der Waals surface area contributed by atoms with Crippen molar-refractivity contribution in [3.8, 4) is 0 Å². The van der Waals surface area contributed by atoms with Gasteiger partial charge in [-0.15, -0.1) is 0 Å². The molecule has 3 nitrogen and oxygen atoms in total. The molecule has 0 aliphatic heterocycles. The van der Waals surface area contributed by atoms with E-state index in [2.05, 4.69) is 26.2 Å². The number of carbonyl (C=O) groups excluding carboxylic acids is 1. The van der Waals surface area contributed by atoms with E-state index >= 15 is 0 Å². The lowest BCUT2D eigenvalue weighted by Crippen LogP contribution is -2.12. The quantitative estimate of drug-likeness (QED) is 0.715. The van der Waals surface area contributed by atoms with Crippen molar-refractivity contribution in [3.63, 3.8) is 0 Å². The topological polar surface area (TPSA) is 42.0 Å². The third-order valence-electron chi connectivity index (χ3n) is 3.03. The second-order valence-corrected chi connectivity index (χ2v) is 5.16. The van der Waals surface area contributed by atoms with E-state index in [9.17, 15) is 4.79 Å². The highest BCUT2D eigenvalue weighted by Gasteiger charge is 2.08. The monoisotopic (exact) mass is 326 g/mol. The van der Waals surface area contributed by atoms with Gasteiger partial charge in [-0.05, 0) is 39.5 Å². The van der Waals surface area contributed by atoms with Crippen molar-refractivity contribution in [3.05, 3.63) is 71.0 Å². The fraction of sp³-hybridized carbons (Fsp3) is 0. The molecule has 0 atom stereocenters. The first-order valence-electron chi connectivity index (χ1n) is 6.15. The Morgan fingerprint density at radius 2 is 1.80 bits per heavy atom. The summed E-state index contributed by atoms with van der Waals surface area (Å²) in [6, 6.07) is 17.3. The number of fused-ring (bicyclic) bond motifs is 1. The van der Waals surface area contributed by atoms with Crippen molar-refractivity contribution in [2.45, 2.75) is 0 Å². The number of anilines is 1. The highest BCUT2D eigenvalue weighted by Crippen LogP contribution is 2.23. The van der Waals surface area contributed by atoms with Gasteiger partial charge in [0.25, 0.3) is 5.91 Å². The lowest BCUT2D eigenvalue weighted by molar-refractivity contribution is 0.102. The van der Waals surface area contributed by atoms with Crippen LogP contribution in [0.3, 0.4) is 0 Å². The van der Waals surface area contributed by atoms with Gasteiger partial charge in [-0.25, -0.2) is 4.98 Å². The van der Waals surface area contributed by atoms with Gasteiger partial charge >= 0.3 is 0 Å². The van der Waals surface area contributed by atoms with Crippen LogP contribution in [0.4, 0.5) is 5.69 Å². The minimum atomic E-state index is -0.165. The number of pyridine rings is 1. The van der Waals surface area contributed by atoms with Crippen LogP contribution in [0.1, 0.15) is 10.4 Å². The van der Waals surface area contributed by atoms with E-state index in [1.54, 1.807) is 18.3 Å². The number of nitrogens with zero attached hydrogens (tertiary/aromatic N) is 1. The molecule has 0 aliphatic rings. The second-order valence-electron chi connectivity index (χ2n) is 4.35. The molecule has 1 N–H and O–H groups in total. The highest BCUT2D eigenvalue weighted by molar-refractivity contribution is 9.10. The number of rotatable bonds is 2. The molecule has 0 bridgehead atoms. The Bertz CT molecular complexity index is 764. The number of nitrogens with one attached hydrogen (secondary N) is 1. The molecule has 0 radical (unpaired) electrons. The number of benzene rings is 2. The van der Waals surface area contributed by atoms with Gasteiger partial charge in [0.1, 0.15) is 4.60 Å². The molecular formula is C16H11BrN2O. The van der Waals surface area contributed by atoms with Crippen LogP contribution in [-0.4, -0.2) is 10.9 Å². The van der Waals surface area contributed by atoms with Gasteiger partial charge in [-0.3, -0.25) is 4.79 Å². The average molecular weight is 327 g/mol. The average Bonchev–Trinajstić information content (AvgIpc) is 2.48. The molecule has 1 heterocycles. The summed E-state index contributed by atoms with van der Waals surface area (Å²) in [6.07, 6.45) is 1.55. The van der Waals surface area contributed by atoms with Gasteiger partial charge in [-0.1, -0.05) is 36.4 Å². The maximum Gasteiger partial charge on any atom is 0.257 e. The third-order valence-corrected chi connectivity index (χ3v) is 3.50. The van der Waals surface area contributed by atoms with Gasteiger partial charge < -0.3 is 5.32 Å². The summed E-state index contributed by atoms with van der Waals surface area (Å²) in [4.78, 5) is 16.3. The van der Waals surface area contributed by atoms with Crippen LogP contribution in [0.2, 0.25) is 0 Å². The maximum atomic E-state index is 12.2. The maximum absolute atomic E-state index is 12.2. The largest absolute Gasteiger partial charge is 0.321 e. The van der Waals surface area contributed by atoms with Crippen LogP contribution in [-0.2, 0) is 0 Å². The minimum absolute atomic E-state index is 0.165. The molecule has 0 spiro atoms. The zero-order valence-electron chi connectivity index (χ0n) is 10.5. The summed E-state index contributed by atoms with van der Waals surface area (Å²) in [7, 11) is 0. The predicted molar refractivity (Wildman–Crippen MR) is 83.8 cm³/mol. The van der Waals surface area contributed by atoms with Crippen LogP contribution in [0.15, 0.2) is 65.4 Å². The second kappa shape index (κ2) is 5.43. The van der Waals surface area contributed by atoms with Crippen molar-refractivity contribution in [2.75, 3.05) is 5.32 Å². The van der Waals surface area contributed by atoms with E-state index in [1.807, 2.05) is 42.5 Å². The zero-order chi connectivity index (χ0) is 13.9. The summed E-state index contributed by atoms with van der Waals surface area (Å²) in [6.45, 7) is 0. The Morgan fingerprint density at radius 1 is 1.00 bits per heavy atom. The number of hydrogen-bond donors (Lipinski definition) is 1. The molecule has 4 heteroatoms. The molecule has 0 aliphatic carbocycles. The Balaban J connectivity index is 1.93. The number of amides is 1. The predicted octanol–water partition coefficient (Wildman–Crippen LogP) is 4.25. The van der Waals surface area contributed by atoms with Gasteiger partial charge in [0.2, 0.25) is 0 Å². The number of hydrogen-bond acceptors (Lipinski definition) is 2. The van der Waals surface area contributed by atoms with Crippen molar-refractivity contribution in [1.29, 1.82) is 0 Å². The summed E-state index contributed by atoms with van der Waals surface area (Å²) < 4.78 is 0.708. The van der Waals surface area contributed by atoms with Crippen LogP contribution >= 0.6 is 15.9 Å². The summed E-state index contributed by atoms with van der Waals surface area (Å²) >= 11 is 3.25. The van der Waals surface area contributed by atoms with Gasteiger partial charge in [0.05, 0.1) is 5.56 Å². The smallest absolute Gasteiger partial charge is 0.257 e. The standard InChI is InChI=1S/C16H11BrN2O/c17-15-9-8-12(10-18-15)16(20)19-14-7-3-5-11-4-1-2-6-13(11)14/h1-10H,(H,19,20). The molecule has 3 rings (SSSR count). The van der Waals surface area contributed by atoms with E-state index in [4.69, 9.17) is 0 Å². The zero-order valence-corrected chi connectivity index (χ0v) is 12.1. The molecule has 2 aromatic carbocycles. The lowest BCUT2D eigenvalue weighted by Gasteiger charge is -2.08. The fourth-order valence-electron chi connectivity index (χ4n) is 2.04. The van der Waals surface area contributed by atoms with E-state index < -0.39 is 0 Å². The van der Waals surface area contributed by atoms with Crippen molar-refractivity contribution in [2.24, 2.45) is 0 Å². The number of aromatic nitrogens is 1. The number of halogens is 1. The molecule has 0 unspecified atom stereocenters. The number of carbonyl (C=O) groups is 1. The molecule has 1 amide bonds. The Morgan fingerprint density at radius 3 is 2.60 bits per heavy atom. The first-order chi connectivity index (χ1) is 9.74. The first kappa shape index (κ1) is 12.8. The van der Waals surface area contributed by atoms with Gasteiger partial charge in [0, 0.05) is 17.3 Å². The van der Waals surface area contributed by atoms with E-state index in [0.717, 1.165) is 16.5 Å².